The summed E-state index contributed by atoms with van der Waals surface area (Å²) < 4.78 is 1.27. The van der Waals surface area contributed by atoms with E-state index < -0.39 is 5.69 Å². The SMILES string of the molecule is CCC1(CC)Cc2ccccc2-c2[nH]c(=O)n(-c3ccccc3)c(=O)c21. The van der Waals surface area contributed by atoms with Gasteiger partial charge in [0.25, 0.3) is 5.56 Å². The number of aromatic nitrogens is 2. The molecule has 0 amide bonds. The molecule has 0 saturated heterocycles. The van der Waals surface area contributed by atoms with E-state index in [1.165, 1.54) is 10.1 Å². The standard InChI is InChI=1S/C22H22N2O2/c1-3-22(4-2)14-15-10-8-9-13-17(15)19-18(22)20(25)24(21(26)23-19)16-11-6-5-7-12-16/h5-13H,3-4,14H2,1-2H3,(H,23,26). The van der Waals surface area contributed by atoms with Crippen LogP contribution in [0.1, 0.15) is 37.8 Å². The van der Waals surface area contributed by atoms with Gasteiger partial charge >= 0.3 is 5.69 Å². The monoisotopic (exact) mass is 346 g/mol. The maximum atomic E-state index is 13.5. The Morgan fingerprint density at radius 3 is 2.31 bits per heavy atom. The third kappa shape index (κ3) is 2.29. The maximum absolute atomic E-state index is 13.5. The molecular weight excluding hydrogens is 324 g/mol. The Balaban J connectivity index is 2.12. The number of para-hydroxylation sites is 1. The molecule has 0 spiro atoms. The lowest BCUT2D eigenvalue weighted by Gasteiger charge is -2.38. The van der Waals surface area contributed by atoms with Crippen molar-refractivity contribution in [1.82, 2.24) is 9.55 Å². The van der Waals surface area contributed by atoms with E-state index in [4.69, 9.17) is 0 Å². The van der Waals surface area contributed by atoms with Gasteiger partial charge < -0.3 is 4.98 Å². The third-order valence-corrected chi connectivity index (χ3v) is 5.82. The summed E-state index contributed by atoms with van der Waals surface area (Å²) in [6.07, 6.45) is 2.51. The summed E-state index contributed by atoms with van der Waals surface area (Å²) in [6.45, 7) is 4.25. The van der Waals surface area contributed by atoms with Crippen molar-refractivity contribution in [3.8, 4) is 16.9 Å². The van der Waals surface area contributed by atoms with Gasteiger partial charge in [-0.1, -0.05) is 56.3 Å². The number of rotatable bonds is 3. The molecule has 26 heavy (non-hydrogen) atoms. The maximum Gasteiger partial charge on any atom is 0.333 e. The number of aromatic amines is 1. The summed E-state index contributed by atoms with van der Waals surface area (Å²) in [5.41, 5.74) is 3.34. The van der Waals surface area contributed by atoms with Crippen LogP contribution in [-0.2, 0) is 11.8 Å². The van der Waals surface area contributed by atoms with Crippen LogP contribution in [0.5, 0.6) is 0 Å². The van der Waals surface area contributed by atoms with Gasteiger partial charge in [-0.3, -0.25) is 4.79 Å². The fourth-order valence-corrected chi connectivity index (χ4v) is 4.27. The molecule has 4 heteroatoms. The highest BCUT2D eigenvalue weighted by molar-refractivity contribution is 5.71. The van der Waals surface area contributed by atoms with Gasteiger partial charge in [-0.15, -0.1) is 0 Å². The van der Waals surface area contributed by atoms with E-state index in [1.807, 2.05) is 36.4 Å². The van der Waals surface area contributed by atoms with Crippen molar-refractivity contribution < 1.29 is 0 Å². The van der Waals surface area contributed by atoms with Crippen LogP contribution < -0.4 is 11.2 Å². The van der Waals surface area contributed by atoms with Gasteiger partial charge in [0, 0.05) is 16.5 Å². The van der Waals surface area contributed by atoms with Crippen LogP contribution in [-0.4, -0.2) is 9.55 Å². The molecular formula is C22H22N2O2. The van der Waals surface area contributed by atoms with Gasteiger partial charge in [0.15, 0.2) is 0 Å². The quantitative estimate of drug-likeness (QED) is 0.784. The van der Waals surface area contributed by atoms with Crippen molar-refractivity contribution in [3.05, 3.63) is 86.6 Å². The Kier molecular flexibility index (Phi) is 3.91. The summed E-state index contributed by atoms with van der Waals surface area (Å²) in [7, 11) is 0. The molecule has 0 unspecified atom stereocenters. The molecule has 4 rings (SSSR count). The second-order valence-corrected chi connectivity index (χ2v) is 6.98. The number of nitrogens with one attached hydrogen (secondary N) is 1. The first kappa shape index (κ1) is 16.6. The molecule has 0 radical (unpaired) electrons. The summed E-state index contributed by atoms with van der Waals surface area (Å²) in [5, 5.41) is 0. The summed E-state index contributed by atoms with van der Waals surface area (Å²) in [5.74, 6) is 0. The highest BCUT2D eigenvalue weighted by Gasteiger charge is 2.39. The van der Waals surface area contributed by atoms with Crippen molar-refractivity contribution in [1.29, 1.82) is 0 Å². The third-order valence-electron chi connectivity index (χ3n) is 5.82. The number of fused-ring (bicyclic) bond motifs is 3. The molecule has 132 valence electrons. The zero-order chi connectivity index (χ0) is 18.3. The van der Waals surface area contributed by atoms with E-state index in [-0.39, 0.29) is 11.0 Å². The normalized spacial score (nSPS) is 14.5. The zero-order valence-electron chi connectivity index (χ0n) is 15.1. The van der Waals surface area contributed by atoms with Gasteiger partial charge in [-0.05, 0) is 37.0 Å². The van der Waals surface area contributed by atoms with Crippen LogP contribution >= 0.6 is 0 Å². The first-order valence-corrected chi connectivity index (χ1v) is 9.15. The van der Waals surface area contributed by atoms with Crippen LogP contribution in [0.4, 0.5) is 0 Å². The lowest BCUT2D eigenvalue weighted by Crippen LogP contribution is -2.45. The van der Waals surface area contributed by atoms with E-state index >= 15 is 0 Å². The minimum absolute atomic E-state index is 0.201. The largest absolute Gasteiger partial charge is 0.333 e. The molecule has 1 aliphatic rings. The summed E-state index contributed by atoms with van der Waals surface area (Å²) >= 11 is 0. The number of hydrogen-bond acceptors (Lipinski definition) is 2. The topological polar surface area (TPSA) is 54.9 Å². The Bertz CT molecular complexity index is 1070. The highest BCUT2D eigenvalue weighted by atomic mass is 16.2. The van der Waals surface area contributed by atoms with Crippen LogP contribution in [0.3, 0.4) is 0 Å². The van der Waals surface area contributed by atoms with Crippen molar-refractivity contribution in [2.45, 2.75) is 38.5 Å². The van der Waals surface area contributed by atoms with Gasteiger partial charge in [0.05, 0.1) is 11.4 Å². The number of benzene rings is 2. The fraction of sp³-hybridized carbons (Fsp3) is 0.273. The van der Waals surface area contributed by atoms with Gasteiger partial charge in [0.2, 0.25) is 0 Å². The lowest BCUT2D eigenvalue weighted by atomic mass is 9.66. The Labute approximate surface area is 152 Å². The van der Waals surface area contributed by atoms with Gasteiger partial charge in [-0.25, -0.2) is 9.36 Å². The van der Waals surface area contributed by atoms with Crippen LogP contribution in [0.15, 0.2) is 64.2 Å². The molecule has 4 nitrogen and oxygen atoms in total. The van der Waals surface area contributed by atoms with Gasteiger partial charge in [-0.2, -0.15) is 0 Å². The van der Waals surface area contributed by atoms with Crippen LogP contribution in [0, 0.1) is 0 Å². The number of hydrogen-bond donors (Lipinski definition) is 1. The average molecular weight is 346 g/mol. The Hall–Kier alpha value is -2.88. The fourth-order valence-electron chi connectivity index (χ4n) is 4.27. The van der Waals surface area contributed by atoms with Crippen molar-refractivity contribution in [2.24, 2.45) is 0 Å². The van der Waals surface area contributed by atoms with Crippen molar-refractivity contribution in [2.75, 3.05) is 0 Å². The Morgan fingerprint density at radius 1 is 0.962 bits per heavy atom. The lowest BCUT2D eigenvalue weighted by molar-refractivity contribution is 0.381. The predicted molar refractivity (Wildman–Crippen MR) is 104 cm³/mol. The summed E-state index contributed by atoms with van der Waals surface area (Å²) in [4.78, 5) is 29.4. The number of H-pyrrole nitrogens is 1. The van der Waals surface area contributed by atoms with E-state index in [0.29, 0.717) is 11.4 Å². The molecule has 1 heterocycles. The van der Waals surface area contributed by atoms with Crippen molar-refractivity contribution in [3.63, 3.8) is 0 Å². The molecule has 0 atom stereocenters. The van der Waals surface area contributed by atoms with Crippen LogP contribution in [0.2, 0.25) is 0 Å². The summed E-state index contributed by atoms with van der Waals surface area (Å²) in [6, 6.07) is 17.2. The molecule has 0 bridgehead atoms. The van der Waals surface area contributed by atoms with E-state index in [2.05, 4.69) is 24.9 Å². The molecule has 0 fully saturated rings. The second-order valence-electron chi connectivity index (χ2n) is 6.98. The second kappa shape index (κ2) is 6.13. The molecule has 1 N–H and O–H groups in total. The molecule has 1 aliphatic carbocycles. The minimum Gasteiger partial charge on any atom is -0.306 e. The first-order chi connectivity index (χ1) is 12.6. The smallest absolute Gasteiger partial charge is 0.306 e. The number of nitrogens with zero attached hydrogens (tertiary/aromatic N) is 1. The zero-order valence-corrected chi connectivity index (χ0v) is 15.1. The van der Waals surface area contributed by atoms with Gasteiger partial charge in [0.1, 0.15) is 0 Å². The van der Waals surface area contributed by atoms with Crippen LogP contribution in [0.25, 0.3) is 16.9 Å². The van der Waals surface area contributed by atoms with E-state index in [1.54, 1.807) is 12.1 Å². The first-order valence-electron chi connectivity index (χ1n) is 9.15. The highest BCUT2D eigenvalue weighted by Crippen LogP contribution is 2.44. The van der Waals surface area contributed by atoms with E-state index in [0.717, 1.165) is 30.4 Å². The molecule has 0 saturated carbocycles. The molecule has 2 aromatic carbocycles. The average Bonchev–Trinajstić information content (AvgIpc) is 2.68. The molecule has 0 aliphatic heterocycles. The Morgan fingerprint density at radius 2 is 1.62 bits per heavy atom. The minimum atomic E-state index is -0.391. The predicted octanol–water partition coefficient (Wildman–Crippen LogP) is 3.81. The molecule has 1 aromatic heterocycles. The van der Waals surface area contributed by atoms with E-state index in [9.17, 15) is 9.59 Å². The van der Waals surface area contributed by atoms with Crippen molar-refractivity contribution >= 4 is 0 Å². The molecule has 3 aromatic rings.